The summed E-state index contributed by atoms with van der Waals surface area (Å²) in [6, 6.07) is 0. The summed E-state index contributed by atoms with van der Waals surface area (Å²) in [6.45, 7) is 8.62. The number of nitrogens with zero attached hydrogens (tertiary/aromatic N) is 1. The number of Topliss-reactive ketones (excluding diaryl/α,β-unsaturated/α-hetero) is 1. The fourth-order valence-corrected chi connectivity index (χ4v) is 4.04. The van der Waals surface area contributed by atoms with Crippen LogP contribution in [0.25, 0.3) is 0 Å². The molecule has 4 nitrogen and oxygen atoms in total. The Labute approximate surface area is 138 Å². The number of rotatable bonds is 9. The van der Waals surface area contributed by atoms with Crippen molar-refractivity contribution in [1.82, 2.24) is 0 Å². The highest BCUT2D eigenvalue weighted by Crippen LogP contribution is 2.35. The maximum atomic E-state index is 12.6. The normalized spacial score (nSPS) is 21.2. The minimum Gasteiger partial charge on any atom is -0.511 e. The number of allylic oxidation sites excluding steroid dienone is 2. The zero-order valence-corrected chi connectivity index (χ0v) is 15.0. The third-order valence-corrected chi connectivity index (χ3v) is 5.34. The second-order valence-electron chi connectivity index (χ2n) is 5.52. The van der Waals surface area contributed by atoms with Crippen LogP contribution in [0.4, 0.5) is 0 Å². The smallest absolute Gasteiger partial charge is 0.168 e. The number of hydrogen-bond acceptors (Lipinski definition) is 5. The summed E-state index contributed by atoms with van der Waals surface area (Å²) in [5.41, 5.74) is 1.00. The second kappa shape index (κ2) is 9.93. The van der Waals surface area contributed by atoms with Crippen molar-refractivity contribution >= 4 is 23.3 Å². The van der Waals surface area contributed by atoms with Crippen molar-refractivity contribution in [1.29, 1.82) is 0 Å². The van der Waals surface area contributed by atoms with Crippen LogP contribution in [0.2, 0.25) is 0 Å². The van der Waals surface area contributed by atoms with Gasteiger partial charge in [0, 0.05) is 18.1 Å². The van der Waals surface area contributed by atoms with E-state index < -0.39 is 0 Å². The first-order chi connectivity index (χ1) is 10.6. The van der Waals surface area contributed by atoms with E-state index in [2.05, 4.69) is 19.0 Å². The first kappa shape index (κ1) is 19.1. The molecular weight excluding hydrogens is 298 g/mol. The van der Waals surface area contributed by atoms with Gasteiger partial charge in [0.25, 0.3) is 0 Å². The van der Waals surface area contributed by atoms with Crippen molar-refractivity contribution in [2.24, 2.45) is 11.1 Å². The van der Waals surface area contributed by atoms with Gasteiger partial charge in [0.2, 0.25) is 0 Å². The van der Waals surface area contributed by atoms with Crippen LogP contribution in [-0.2, 0) is 9.63 Å². The molecule has 0 aromatic heterocycles. The van der Waals surface area contributed by atoms with Crippen LogP contribution in [0, 0.1) is 5.92 Å². The Hall–Kier alpha value is -0.970. The van der Waals surface area contributed by atoms with E-state index in [-0.39, 0.29) is 17.5 Å². The third kappa shape index (κ3) is 5.04. The van der Waals surface area contributed by atoms with E-state index in [4.69, 9.17) is 4.84 Å². The van der Waals surface area contributed by atoms with Crippen molar-refractivity contribution < 1.29 is 14.7 Å². The maximum Gasteiger partial charge on any atom is 0.168 e. The maximum absolute atomic E-state index is 12.6. The molecule has 5 heteroatoms. The number of thioether (sulfide) groups is 1. The topological polar surface area (TPSA) is 58.9 Å². The Bertz CT molecular complexity index is 432. The van der Waals surface area contributed by atoms with Gasteiger partial charge in [0.15, 0.2) is 5.78 Å². The molecule has 1 rings (SSSR count). The summed E-state index contributed by atoms with van der Waals surface area (Å²) in [5, 5.41) is 14.9. The van der Waals surface area contributed by atoms with E-state index in [0.29, 0.717) is 42.4 Å². The number of carbonyl (C=O) groups is 1. The average Bonchev–Trinajstić information content (AvgIpc) is 2.49. The van der Waals surface area contributed by atoms with Crippen LogP contribution in [0.3, 0.4) is 0 Å². The minimum atomic E-state index is 0.0100. The first-order valence-electron chi connectivity index (χ1n) is 8.34. The summed E-state index contributed by atoms with van der Waals surface area (Å²) in [5.74, 6) is 1.47. The summed E-state index contributed by atoms with van der Waals surface area (Å²) in [4.78, 5) is 17.7. The molecule has 126 valence electrons. The van der Waals surface area contributed by atoms with Crippen LogP contribution in [0.1, 0.15) is 59.8 Å². The van der Waals surface area contributed by atoms with E-state index in [1.54, 1.807) is 0 Å². The molecule has 0 aromatic rings. The van der Waals surface area contributed by atoms with Crippen LogP contribution in [-0.4, -0.2) is 34.2 Å². The Morgan fingerprint density at radius 3 is 2.59 bits per heavy atom. The molecule has 1 aliphatic carbocycles. The lowest BCUT2D eigenvalue weighted by atomic mass is 9.82. The zero-order chi connectivity index (χ0) is 16.5. The van der Waals surface area contributed by atoms with Gasteiger partial charge in [-0.05, 0) is 31.4 Å². The van der Waals surface area contributed by atoms with Crippen molar-refractivity contribution in [2.75, 3.05) is 12.4 Å². The molecule has 0 aliphatic heterocycles. The van der Waals surface area contributed by atoms with E-state index in [0.717, 1.165) is 18.6 Å². The summed E-state index contributed by atoms with van der Waals surface area (Å²) in [6.07, 6.45) is 3.61. The molecule has 2 unspecified atom stereocenters. The Morgan fingerprint density at radius 2 is 2.09 bits per heavy atom. The molecule has 0 aromatic carbocycles. The molecule has 22 heavy (non-hydrogen) atoms. The second-order valence-corrected chi connectivity index (χ2v) is 7.04. The summed E-state index contributed by atoms with van der Waals surface area (Å²) < 4.78 is 0. The lowest BCUT2D eigenvalue weighted by molar-refractivity contribution is -0.116. The van der Waals surface area contributed by atoms with Gasteiger partial charge >= 0.3 is 0 Å². The molecule has 0 saturated carbocycles. The first-order valence-corrected chi connectivity index (χ1v) is 9.39. The van der Waals surface area contributed by atoms with Gasteiger partial charge in [-0.3, -0.25) is 4.79 Å². The Kier molecular flexibility index (Phi) is 8.61. The summed E-state index contributed by atoms with van der Waals surface area (Å²) >= 11 is 1.88. The number of oxime groups is 1. The molecule has 0 amide bonds. The molecule has 0 saturated heterocycles. The molecule has 1 aliphatic rings. The van der Waals surface area contributed by atoms with Gasteiger partial charge in [-0.15, -0.1) is 0 Å². The monoisotopic (exact) mass is 327 g/mol. The molecule has 1 N–H and O–H groups in total. The van der Waals surface area contributed by atoms with E-state index in [1.807, 2.05) is 25.6 Å². The van der Waals surface area contributed by atoms with E-state index in [9.17, 15) is 9.90 Å². The van der Waals surface area contributed by atoms with Crippen LogP contribution >= 0.6 is 11.8 Å². The average molecular weight is 327 g/mol. The molecule has 0 bridgehead atoms. The highest BCUT2D eigenvalue weighted by molar-refractivity contribution is 7.99. The minimum absolute atomic E-state index is 0.0100. The van der Waals surface area contributed by atoms with Crippen molar-refractivity contribution in [3.05, 3.63) is 11.3 Å². The molecule has 0 spiro atoms. The summed E-state index contributed by atoms with van der Waals surface area (Å²) in [7, 11) is 0. The van der Waals surface area contributed by atoms with Gasteiger partial charge in [-0.1, -0.05) is 32.3 Å². The van der Waals surface area contributed by atoms with Crippen LogP contribution in [0.15, 0.2) is 16.5 Å². The lowest BCUT2D eigenvalue weighted by Crippen LogP contribution is -2.30. The molecule has 0 radical (unpaired) electrons. The highest BCUT2D eigenvalue weighted by atomic mass is 32.2. The fourth-order valence-electron chi connectivity index (χ4n) is 2.91. The lowest BCUT2D eigenvalue weighted by Gasteiger charge is -2.29. The largest absolute Gasteiger partial charge is 0.511 e. The van der Waals surface area contributed by atoms with Crippen molar-refractivity contribution in [3.8, 4) is 0 Å². The van der Waals surface area contributed by atoms with Crippen LogP contribution < -0.4 is 0 Å². The van der Waals surface area contributed by atoms with Gasteiger partial charge in [-0.25, -0.2) is 0 Å². The number of aliphatic hydroxyl groups is 1. The van der Waals surface area contributed by atoms with Crippen molar-refractivity contribution in [3.63, 3.8) is 0 Å². The third-order valence-electron chi connectivity index (χ3n) is 3.86. The predicted molar refractivity (Wildman–Crippen MR) is 93.6 cm³/mol. The van der Waals surface area contributed by atoms with Gasteiger partial charge in [-0.2, -0.15) is 11.8 Å². The Balaban J connectivity index is 2.98. The van der Waals surface area contributed by atoms with Gasteiger partial charge < -0.3 is 9.94 Å². The van der Waals surface area contributed by atoms with E-state index in [1.165, 1.54) is 0 Å². The van der Waals surface area contributed by atoms with Gasteiger partial charge in [0.05, 0.1) is 11.3 Å². The van der Waals surface area contributed by atoms with Crippen LogP contribution in [0.5, 0.6) is 0 Å². The predicted octanol–water partition coefficient (Wildman–Crippen LogP) is 4.50. The zero-order valence-electron chi connectivity index (χ0n) is 14.2. The Morgan fingerprint density at radius 1 is 1.36 bits per heavy atom. The molecule has 2 atom stereocenters. The quantitative estimate of drug-likeness (QED) is 0.500. The molecule has 0 fully saturated rings. The number of carbonyl (C=O) groups excluding carboxylic acids is 1. The standard InChI is InChI=1S/C17H29NO3S/c1-5-9-13(18-21-7-3)17-14(19)10-12(11-15(17)20)16(6-2)22-8-4/h12,16,19H,5-11H2,1-4H3/b18-13+. The fraction of sp³-hybridized carbons (Fsp3) is 0.765. The highest BCUT2D eigenvalue weighted by Gasteiger charge is 2.34. The van der Waals surface area contributed by atoms with E-state index >= 15 is 0 Å². The molecule has 0 heterocycles. The number of aliphatic hydroxyl groups excluding tert-OH is 1. The molecular formula is C17H29NO3S. The SMILES string of the molecule is CCC/C(=N\OCC)C1=C(O)CC(C(CC)SCC)CC1=O. The van der Waals surface area contributed by atoms with Crippen molar-refractivity contribution in [2.45, 2.75) is 65.0 Å². The number of ketones is 1. The number of hydrogen-bond donors (Lipinski definition) is 1. The van der Waals surface area contributed by atoms with Gasteiger partial charge in [0.1, 0.15) is 12.4 Å².